The van der Waals surface area contributed by atoms with E-state index in [2.05, 4.69) is 25.7 Å². The van der Waals surface area contributed by atoms with E-state index in [1.54, 1.807) is 31.2 Å². The highest BCUT2D eigenvalue weighted by Crippen LogP contribution is 2.48. The van der Waals surface area contributed by atoms with Gasteiger partial charge in [0.05, 0.1) is 6.61 Å². The van der Waals surface area contributed by atoms with E-state index in [1.165, 1.54) is 12.8 Å². The van der Waals surface area contributed by atoms with Crippen molar-refractivity contribution in [2.45, 2.75) is 72.0 Å². The summed E-state index contributed by atoms with van der Waals surface area (Å²) in [5.41, 5.74) is 1.96. The van der Waals surface area contributed by atoms with Crippen LogP contribution in [0.25, 0.3) is 0 Å². The summed E-state index contributed by atoms with van der Waals surface area (Å²) in [5.74, 6) is 0.683. The Morgan fingerprint density at radius 2 is 1.84 bits per heavy atom. The number of ether oxygens (including phenoxy) is 2. The molecule has 1 aliphatic carbocycles. The number of para-hydroxylation sites is 1. The number of carbonyl (C=O) groups excluding carboxylic acids is 1. The number of hydrogen-bond acceptors (Lipinski definition) is 4. The fraction of sp³-hybridized carbons (Fsp3) is 0.500. The Kier molecular flexibility index (Phi) is 6.07. The van der Waals surface area contributed by atoms with Crippen LogP contribution in [0.3, 0.4) is 0 Å². The smallest absolute Gasteiger partial charge is 0.347 e. The molecule has 1 heterocycles. The van der Waals surface area contributed by atoms with Crippen molar-refractivity contribution in [3.8, 4) is 11.5 Å². The SMILES string of the molecule is CCCCOc1c2c(c(F)c(C)c1C(=O)Oc1ccccc1)CN(C(C)(C)C1CC1)C2. The summed E-state index contributed by atoms with van der Waals surface area (Å²) in [6.45, 7) is 9.85. The van der Waals surface area contributed by atoms with Crippen LogP contribution in [-0.2, 0) is 13.1 Å². The van der Waals surface area contributed by atoms with E-state index in [0.29, 0.717) is 48.2 Å². The van der Waals surface area contributed by atoms with Crippen molar-refractivity contribution in [3.63, 3.8) is 0 Å². The first kappa shape index (κ1) is 21.8. The molecular weight excluding hydrogens is 393 g/mol. The number of rotatable bonds is 8. The second kappa shape index (κ2) is 8.62. The van der Waals surface area contributed by atoms with E-state index in [9.17, 15) is 4.79 Å². The maximum absolute atomic E-state index is 15.5. The number of nitrogens with zero attached hydrogens (tertiary/aromatic N) is 1. The summed E-state index contributed by atoms with van der Waals surface area (Å²) in [6.07, 6.45) is 4.29. The van der Waals surface area contributed by atoms with Gasteiger partial charge in [0.15, 0.2) is 0 Å². The lowest BCUT2D eigenvalue weighted by Crippen LogP contribution is -2.42. The number of unbranched alkanes of at least 4 members (excludes halogenated alkanes) is 1. The monoisotopic (exact) mass is 425 g/mol. The summed E-state index contributed by atoms with van der Waals surface area (Å²) >= 11 is 0. The second-order valence-electron chi connectivity index (χ2n) is 9.29. The molecule has 4 rings (SSSR count). The predicted molar refractivity (Wildman–Crippen MR) is 119 cm³/mol. The molecule has 0 bridgehead atoms. The highest BCUT2D eigenvalue weighted by Gasteiger charge is 2.45. The minimum atomic E-state index is -0.572. The van der Waals surface area contributed by atoms with Gasteiger partial charge in [-0.25, -0.2) is 9.18 Å². The maximum Gasteiger partial charge on any atom is 0.347 e. The van der Waals surface area contributed by atoms with Crippen molar-refractivity contribution in [1.29, 1.82) is 0 Å². The van der Waals surface area contributed by atoms with Crippen LogP contribution in [0.1, 0.15) is 73.5 Å². The minimum Gasteiger partial charge on any atom is -0.492 e. The number of halogens is 1. The van der Waals surface area contributed by atoms with Crippen molar-refractivity contribution < 1.29 is 18.7 Å². The van der Waals surface area contributed by atoms with Gasteiger partial charge in [-0.3, -0.25) is 4.90 Å². The molecule has 0 radical (unpaired) electrons. The Balaban J connectivity index is 1.73. The summed E-state index contributed by atoms with van der Waals surface area (Å²) in [4.78, 5) is 15.5. The van der Waals surface area contributed by atoms with Crippen molar-refractivity contribution in [1.82, 2.24) is 4.90 Å². The Labute approximate surface area is 184 Å². The van der Waals surface area contributed by atoms with Crippen molar-refractivity contribution in [2.75, 3.05) is 6.61 Å². The van der Waals surface area contributed by atoms with Crippen LogP contribution in [0, 0.1) is 18.7 Å². The predicted octanol–water partition coefficient (Wildman–Crippen LogP) is 6.04. The van der Waals surface area contributed by atoms with Gasteiger partial charge < -0.3 is 9.47 Å². The molecule has 1 saturated carbocycles. The molecule has 2 aromatic carbocycles. The zero-order chi connectivity index (χ0) is 22.2. The van der Waals surface area contributed by atoms with Gasteiger partial charge in [0.25, 0.3) is 0 Å². The molecule has 2 aromatic rings. The minimum absolute atomic E-state index is 0.00916. The van der Waals surface area contributed by atoms with Gasteiger partial charge in [0.2, 0.25) is 0 Å². The molecule has 0 aromatic heterocycles. The van der Waals surface area contributed by atoms with Crippen LogP contribution < -0.4 is 9.47 Å². The summed E-state index contributed by atoms with van der Waals surface area (Å²) in [6, 6.07) is 8.89. The number of esters is 1. The Morgan fingerprint density at radius 1 is 1.16 bits per heavy atom. The van der Waals surface area contributed by atoms with E-state index in [-0.39, 0.29) is 16.9 Å². The van der Waals surface area contributed by atoms with Crippen LogP contribution >= 0.6 is 0 Å². The lowest BCUT2D eigenvalue weighted by Gasteiger charge is -2.35. The third kappa shape index (κ3) is 4.20. The number of carbonyl (C=O) groups is 1. The molecule has 5 heteroatoms. The fourth-order valence-corrected chi connectivity index (χ4v) is 4.52. The van der Waals surface area contributed by atoms with Crippen molar-refractivity contribution in [3.05, 3.63) is 58.4 Å². The zero-order valence-corrected chi connectivity index (χ0v) is 19.0. The Bertz CT molecular complexity index is 967. The summed E-state index contributed by atoms with van der Waals surface area (Å²) in [5, 5.41) is 0. The van der Waals surface area contributed by atoms with Crippen molar-refractivity contribution >= 4 is 5.97 Å². The van der Waals surface area contributed by atoms with E-state index >= 15 is 4.39 Å². The molecule has 0 unspecified atom stereocenters. The van der Waals surface area contributed by atoms with Crippen LogP contribution in [0.2, 0.25) is 0 Å². The normalized spacial score (nSPS) is 16.3. The Morgan fingerprint density at radius 3 is 2.48 bits per heavy atom. The number of fused-ring (bicyclic) bond motifs is 1. The molecule has 0 spiro atoms. The highest BCUT2D eigenvalue weighted by molar-refractivity contribution is 5.96. The first-order chi connectivity index (χ1) is 14.8. The van der Waals surface area contributed by atoms with Gasteiger partial charge in [-0.15, -0.1) is 0 Å². The largest absolute Gasteiger partial charge is 0.492 e. The molecule has 1 fully saturated rings. The lowest BCUT2D eigenvalue weighted by molar-refractivity contribution is 0.0728. The topological polar surface area (TPSA) is 38.8 Å². The van der Waals surface area contributed by atoms with E-state index in [1.807, 2.05) is 6.07 Å². The maximum atomic E-state index is 15.5. The number of benzene rings is 2. The van der Waals surface area contributed by atoms with E-state index < -0.39 is 5.97 Å². The highest BCUT2D eigenvalue weighted by atomic mass is 19.1. The Hall–Kier alpha value is -2.40. The van der Waals surface area contributed by atoms with Crippen LogP contribution in [0.5, 0.6) is 11.5 Å². The molecule has 0 saturated heterocycles. The number of hydrogen-bond donors (Lipinski definition) is 0. The molecular formula is C26H32FNO3. The molecule has 2 aliphatic rings. The molecule has 31 heavy (non-hydrogen) atoms. The fourth-order valence-electron chi connectivity index (χ4n) is 4.52. The lowest BCUT2D eigenvalue weighted by atomic mass is 9.96. The zero-order valence-electron chi connectivity index (χ0n) is 19.0. The summed E-state index contributed by atoms with van der Waals surface area (Å²) < 4.78 is 27.3. The average molecular weight is 426 g/mol. The molecule has 4 nitrogen and oxygen atoms in total. The van der Waals surface area contributed by atoms with Crippen LogP contribution in [0.15, 0.2) is 30.3 Å². The van der Waals surface area contributed by atoms with Gasteiger partial charge in [-0.05, 0) is 58.1 Å². The van der Waals surface area contributed by atoms with Gasteiger partial charge in [0, 0.05) is 35.3 Å². The van der Waals surface area contributed by atoms with Gasteiger partial charge in [-0.2, -0.15) is 0 Å². The second-order valence-corrected chi connectivity index (χ2v) is 9.29. The van der Waals surface area contributed by atoms with E-state index in [4.69, 9.17) is 9.47 Å². The quantitative estimate of drug-likeness (QED) is 0.294. The van der Waals surface area contributed by atoms with Crippen LogP contribution in [-0.4, -0.2) is 23.0 Å². The van der Waals surface area contributed by atoms with Gasteiger partial charge in [-0.1, -0.05) is 31.5 Å². The molecule has 0 atom stereocenters. The van der Waals surface area contributed by atoms with Gasteiger partial charge >= 0.3 is 5.97 Å². The molecule has 0 amide bonds. The molecule has 0 N–H and O–H groups in total. The van der Waals surface area contributed by atoms with Crippen molar-refractivity contribution in [2.24, 2.45) is 5.92 Å². The van der Waals surface area contributed by atoms with E-state index in [0.717, 1.165) is 18.4 Å². The third-order valence-corrected chi connectivity index (χ3v) is 6.83. The third-order valence-electron chi connectivity index (χ3n) is 6.83. The first-order valence-electron chi connectivity index (χ1n) is 11.3. The average Bonchev–Trinajstić information content (AvgIpc) is 3.51. The first-order valence-corrected chi connectivity index (χ1v) is 11.3. The van der Waals surface area contributed by atoms with Gasteiger partial charge in [0.1, 0.15) is 22.9 Å². The molecule has 166 valence electrons. The summed E-state index contributed by atoms with van der Waals surface area (Å²) in [7, 11) is 0. The standard InChI is InChI=1S/C26H32FNO3/c1-5-6-14-30-24-21-16-28(26(3,4)18-12-13-18)15-20(21)23(27)17(2)22(24)25(29)31-19-10-8-7-9-11-19/h7-11,18H,5-6,12-16H2,1-4H3. The van der Waals surface area contributed by atoms with Crippen LogP contribution in [0.4, 0.5) is 4.39 Å². The molecule has 1 aliphatic heterocycles.